The molecule has 0 aromatic heterocycles. The van der Waals surface area contributed by atoms with Crippen molar-refractivity contribution in [2.75, 3.05) is 26.2 Å². The van der Waals surface area contributed by atoms with E-state index in [1.54, 1.807) is 19.1 Å². The Labute approximate surface area is 94.3 Å². The number of nitrogens with one attached hydrogen (secondary N) is 1. The molecule has 2 rings (SSSR count). The monoisotopic (exact) mass is 226 g/mol. The quantitative estimate of drug-likeness (QED) is 0.825. The van der Waals surface area contributed by atoms with E-state index >= 15 is 0 Å². The highest BCUT2D eigenvalue weighted by molar-refractivity contribution is 5.25. The third kappa shape index (κ3) is 2.39. The predicted octanol–water partition coefficient (Wildman–Crippen LogP) is 1.68. The molecule has 0 radical (unpaired) electrons. The van der Waals surface area contributed by atoms with Gasteiger partial charge >= 0.3 is 0 Å². The van der Waals surface area contributed by atoms with Gasteiger partial charge in [-0.15, -0.1) is 0 Å². The number of aryl methyl sites for hydroxylation is 1. The zero-order valence-electron chi connectivity index (χ0n) is 9.39. The van der Waals surface area contributed by atoms with Gasteiger partial charge in [0.1, 0.15) is 0 Å². The highest BCUT2D eigenvalue weighted by atomic mass is 19.2. The number of rotatable bonds is 2. The minimum Gasteiger partial charge on any atom is -0.314 e. The number of hydrogen-bond acceptors (Lipinski definition) is 2. The molecule has 1 saturated heterocycles. The molecule has 0 atom stereocenters. The van der Waals surface area contributed by atoms with Crippen molar-refractivity contribution >= 4 is 0 Å². The third-order valence-electron chi connectivity index (χ3n) is 2.96. The molecule has 0 aliphatic carbocycles. The Morgan fingerprint density at radius 1 is 1.19 bits per heavy atom. The second kappa shape index (κ2) is 4.89. The Hall–Kier alpha value is -1.00. The highest BCUT2D eigenvalue weighted by Crippen LogP contribution is 2.17. The first-order valence-corrected chi connectivity index (χ1v) is 5.55. The van der Waals surface area contributed by atoms with Crippen LogP contribution in [0, 0.1) is 18.6 Å². The van der Waals surface area contributed by atoms with Crippen molar-refractivity contribution in [1.82, 2.24) is 10.2 Å². The largest absolute Gasteiger partial charge is 0.314 e. The van der Waals surface area contributed by atoms with E-state index in [0.29, 0.717) is 17.7 Å². The molecule has 1 aliphatic rings. The molecule has 0 unspecified atom stereocenters. The summed E-state index contributed by atoms with van der Waals surface area (Å²) in [5.41, 5.74) is 0.812. The van der Waals surface area contributed by atoms with E-state index in [1.807, 2.05) is 0 Å². The lowest BCUT2D eigenvalue weighted by Gasteiger charge is -2.27. The maximum absolute atomic E-state index is 13.6. The summed E-state index contributed by atoms with van der Waals surface area (Å²) in [6.45, 7) is 5.66. The van der Waals surface area contributed by atoms with Crippen LogP contribution in [0.4, 0.5) is 8.78 Å². The van der Waals surface area contributed by atoms with E-state index in [0.717, 1.165) is 26.2 Å². The third-order valence-corrected chi connectivity index (χ3v) is 2.96. The van der Waals surface area contributed by atoms with Gasteiger partial charge in [0.2, 0.25) is 0 Å². The molecule has 88 valence electrons. The normalized spacial score (nSPS) is 17.7. The molecule has 0 saturated carbocycles. The highest BCUT2D eigenvalue weighted by Gasteiger charge is 2.15. The van der Waals surface area contributed by atoms with Crippen LogP contribution >= 0.6 is 0 Å². The molecular weight excluding hydrogens is 210 g/mol. The minimum atomic E-state index is -0.715. The summed E-state index contributed by atoms with van der Waals surface area (Å²) in [5, 5.41) is 3.23. The topological polar surface area (TPSA) is 15.3 Å². The molecule has 0 spiro atoms. The van der Waals surface area contributed by atoms with E-state index in [9.17, 15) is 8.78 Å². The standard InChI is InChI=1S/C12H16F2N2/c1-9-2-3-10(12(14)11(9)13)8-16-6-4-15-5-7-16/h2-3,15H,4-8H2,1H3. The fourth-order valence-corrected chi connectivity index (χ4v) is 1.92. The average Bonchev–Trinajstić information content (AvgIpc) is 2.31. The van der Waals surface area contributed by atoms with Crippen molar-refractivity contribution < 1.29 is 8.78 Å². The van der Waals surface area contributed by atoms with E-state index in [2.05, 4.69) is 10.2 Å². The van der Waals surface area contributed by atoms with Crippen molar-refractivity contribution in [3.63, 3.8) is 0 Å². The Morgan fingerprint density at radius 2 is 1.88 bits per heavy atom. The number of piperazine rings is 1. The number of benzene rings is 1. The molecule has 1 aromatic rings. The first-order chi connectivity index (χ1) is 7.68. The molecule has 0 bridgehead atoms. The summed E-state index contributed by atoms with van der Waals surface area (Å²) in [5.74, 6) is -1.41. The van der Waals surface area contributed by atoms with Gasteiger partial charge in [-0.05, 0) is 12.5 Å². The van der Waals surface area contributed by atoms with Crippen molar-refractivity contribution in [3.8, 4) is 0 Å². The molecule has 2 nitrogen and oxygen atoms in total. The molecule has 1 N–H and O–H groups in total. The summed E-state index contributed by atoms with van der Waals surface area (Å²) < 4.78 is 26.9. The molecule has 1 heterocycles. The van der Waals surface area contributed by atoms with Gasteiger partial charge in [0.25, 0.3) is 0 Å². The zero-order valence-corrected chi connectivity index (χ0v) is 9.39. The first kappa shape index (κ1) is 11.5. The van der Waals surface area contributed by atoms with Crippen LogP contribution in [0.3, 0.4) is 0 Å². The van der Waals surface area contributed by atoms with Crippen molar-refractivity contribution in [2.45, 2.75) is 13.5 Å². The predicted molar refractivity (Wildman–Crippen MR) is 59.2 cm³/mol. The number of nitrogens with zero attached hydrogens (tertiary/aromatic N) is 1. The summed E-state index contributed by atoms with van der Waals surface area (Å²) >= 11 is 0. The van der Waals surface area contributed by atoms with Crippen molar-refractivity contribution in [1.29, 1.82) is 0 Å². The lowest BCUT2D eigenvalue weighted by Crippen LogP contribution is -2.43. The number of halogens is 2. The second-order valence-electron chi connectivity index (χ2n) is 4.20. The Kier molecular flexibility index (Phi) is 3.51. The van der Waals surface area contributed by atoms with Gasteiger partial charge in [-0.1, -0.05) is 12.1 Å². The summed E-state index contributed by atoms with van der Waals surface area (Å²) in [6, 6.07) is 3.31. The van der Waals surface area contributed by atoms with E-state index in [-0.39, 0.29) is 0 Å². The molecule has 4 heteroatoms. The van der Waals surface area contributed by atoms with Gasteiger partial charge in [0.15, 0.2) is 11.6 Å². The minimum absolute atomic E-state index is 0.363. The van der Waals surface area contributed by atoms with Crippen LogP contribution < -0.4 is 5.32 Å². The van der Waals surface area contributed by atoms with Gasteiger partial charge in [-0.2, -0.15) is 0 Å². The van der Waals surface area contributed by atoms with E-state index in [1.165, 1.54) is 0 Å². The average molecular weight is 226 g/mol. The van der Waals surface area contributed by atoms with E-state index < -0.39 is 11.6 Å². The van der Waals surface area contributed by atoms with Crippen molar-refractivity contribution in [3.05, 3.63) is 34.9 Å². The van der Waals surface area contributed by atoms with Crippen LogP contribution in [0.2, 0.25) is 0 Å². The summed E-state index contributed by atoms with van der Waals surface area (Å²) in [6.07, 6.45) is 0. The zero-order chi connectivity index (χ0) is 11.5. The number of hydrogen-bond donors (Lipinski definition) is 1. The van der Waals surface area contributed by atoms with Crippen LogP contribution in [0.5, 0.6) is 0 Å². The SMILES string of the molecule is Cc1ccc(CN2CCNCC2)c(F)c1F. The Bertz CT molecular complexity index is 374. The maximum atomic E-state index is 13.6. The van der Waals surface area contributed by atoms with Crippen LogP contribution in [0.15, 0.2) is 12.1 Å². The lowest BCUT2D eigenvalue weighted by atomic mass is 10.1. The van der Waals surface area contributed by atoms with Gasteiger partial charge in [-0.3, -0.25) is 4.90 Å². The van der Waals surface area contributed by atoms with Gasteiger partial charge < -0.3 is 5.32 Å². The Balaban J connectivity index is 2.11. The molecule has 16 heavy (non-hydrogen) atoms. The Morgan fingerprint density at radius 3 is 2.56 bits per heavy atom. The van der Waals surface area contributed by atoms with E-state index in [4.69, 9.17) is 0 Å². The summed E-state index contributed by atoms with van der Waals surface area (Å²) in [4.78, 5) is 2.13. The van der Waals surface area contributed by atoms with Crippen LogP contribution in [0.25, 0.3) is 0 Å². The molecule has 0 amide bonds. The molecule has 1 aliphatic heterocycles. The summed E-state index contributed by atoms with van der Waals surface area (Å²) in [7, 11) is 0. The maximum Gasteiger partial charge on any atom is 0.163 e. The first-order valence-electron chi connectivity index (χ1n) is 5.55. The lowest BCUT2D eigenvalue weighted by molar-refractivity contribution is 0.229. The van der Waals surface area contributed by atoms with Gasteiger partial charge in [0.05, 0.1) is 0 Å². The van der Waals surface area contributed by atoms with Crippen LogP contribution in [-0.2, 0) is 6.54 Å². The fraction of sp³-hybridized carbons (Fsp3) is 0.500. The van der Waals surface area contributed by atoms with Gasteiger partial charge in [-0.25, -0.2) is 8.78 Å². The van der Waals surface area contributed by atoms with Gasteiger partial charge in [0, 0.05) is 38.3 Å². The van der Waals surface area contributed by atoms with Crippen LogP contribution in [-0.4, -0.2) is 31.1 Å². The smallest absolute Gasteiger partial charge is 0.163 e. The van der Waals surface area contributed by atoms with Crippen molar-refractivity contribution in [2.24, 2.45) is 0 Å². The van der Waals surface area contributed by atoms with Crippen LogP contribution in [0.1, 0.15) is 11.1 Å². The fourth-order valence-electron chi connectivity index (χ4n) is 1.92. The second-order valence-corrected chi connectivity index (χ2v) is 4.20. The molecule has 1 aromatic carbocycles. The molecular formula is C12H16F2N2. The molecule has 1 fully saturated rings.